The van der Waals surface area contributed by atoms with Crippen LogP contribution in [0.15, 0.2) is 59.3 Å². The van der Waals surface area contributed by atoms with Crippen LogP contribution in [0.1, 0.15) is 30.9 Å². The zero-order chi connectivity index (χ0) is 23.9. The van der Waals surface area contributed by atoms with E-state index in [1.807, 2.05) is 48.2 Å². The second kappa shape index (κ2) is 11.2. The van der Waals surface area contributed by atoms with Crippen molar-refractivity contribution in [2.45, 2.75) is 38.0 Å². The summed E-state index contributed by atoms with van der Waals surface area (Å²) in [5.74, 6) is 0.413. The number of ether oxygens (including phenoxy) is 1. The van der Waals surface area contributed by atoms with Gasteiger partial charge in [-0.1, -0.05) is 18.2 Å². The number of hydrogen-bond acceptors (Lipinski definition) is 6. The molecule has 0 saturated carbocycles. The molecule has 0 radical (unpaired) electrons. The standard InChI is InChI=1S/C26H28N4O3S/c1-2-33-22-6-4-3-5-19(22)7-8-24(31)29-26-21(16-27)20-11-14-30(17-23(20)34-26)25(32)15-18-9-12-28-13-10-18/h3-6,9-10,12-13,21,26H,2,7-8,11,14-15,17H2,1H3,(H,29,31). The molecule has 2 aromatic rings. The van der Waals surface area contributed by atoms with Gasteiger partial charge in [-0.15, -0.1) is 11.8 Å². The van der Waals surface area contributed by atoms with E-state index in [1.165, 1.54) is 11.8 Å². The number of nitrogens with zero attached hydrogens (tertiary/aromatic N) is 3. The normalized spacial score (nSPS) is 19.4. The van der Waals surface area contributed by atoms with Crippen molar-refractivity contribution >= 4 is 23.6 Å². The lowest BCUT2D eigenvalue weighted by Gasteiger charge is -2.28. The molecule has 0 fully saturated rings. The molecule has 2 unspecified atom stereocenters. The number of nitrogens with one attached hydrogen (secondary N) is 1. The first-order valence-electron chi connectivity index (χ1n) is 11.5. The Morgan fingerprint density at radius 2 is 2.06 bits per heavy atom. The molecule has 2 amide bonds. The summed E-state index contributed by atoms with van der Waals surface area (Å²) >= 11 is 1.51. The smallest absolute Gasteiger partial charge is 0.227 e. The van der Waals surface area contributed by atoms with E-state index in [1.54, 1.807) is 12.4 Å². The number of amides is 2. The monoisotopic (exact) mass is 476 g/mol. The van der Waals surface area contributed by atoms with E-state index in [2.05, 4.69) is 16.4 Å². The van der Waals surface area contributed by atoms with Gasteiger partial charge in [0.25, 0.3) is 0 Å². The number of rotatable bonds is 8. The van der Waals surface area contributed by atoms with Crippen molar-refractivity contribution in [2.75, 3.05) is 19.7 Å². The predicted molar refractivity (Wildman–Crippen MR) is 131 cm³/mol. The summed E-state index contributed by atoms with van der Waals surface area (Å²) in [5, 5.41) is 12.5. The Hall–Kier alpha value is -3.31. The minimum Gasteiger partial charge on any atom is -0.494 e. The number of thioether (sulfide) groups is 1. The van der Waals surface area contributed by atoms with Crippen LogP contribution in [0.3, 0.4) is 0 Å². The molecule has 0 bridgehead atoms. The molecule has 0 spiro atoms. The van der Waals surface area contributed by atoms with Gasteiger partial charge in [-0.05, 0) is 54.7 Å². The Morgan fingerprint density at radius 3 is 2.82 bits per heavy atom. The molecule has 7 nitrogen and oxygen atoms in total. The van der Waals surface area contributed by atoms with Gasteiger partial charge < -0.3 is 15.0 Å². The summed E-state index contributed by atoms with van der Waals surface area (Å²) in [6, 6.07) is 13.8. The number of aryl methyl sites for hydroxylation is 1. The molecule has 176 valence electrons. The second-order valence-electron chi connectivity index (χ2n) is 8.30. The summed E-state index contributed by atoms with van der Waals surface area (Å²) < 4.78 is 5.65. The maximum absolute atomic E-state index is 12.8. The highest BCUT2D eigenvalue weighted by atomic mass is 32.2. The van der Waals surface area contributed by atoms with Crippen molar-refractivity contribution in [3.63, 3.8) is 0 Å². The SMILES string of the molecule is CCOc1ccccc1CCC(=O)NC1SC2=C(CCN(C(=O)Cc3ccncc3)C2)C1C#N. The van der Waals surface area contributed by atoms with Gasteiger partial charge in [0, 0.05) is 30.3 Å². The Morgan fingerprint density at radius 1 is 1.26 bits per heavy atom. The van der Waals surface area contributed by atoms with Gasteiger partial charge in [0.05, 0.1) is 36.9 Å². The zero-order valence-corrected chi connectivity index (χ0v) is 20.0. The van der Waals surface area contributed by atoms with E-state index in [-0.39, 0.29) is 23.1 Å². The maximum atomic E-state index is 12.8. The van der Waals surface area contributed by atoms with E-state index in [0.29, 0.717) is 45.4 Å². The third kappa shape index (κ3) is 5.60. The van der Waals surface area contributed by atoms with Crippen LogP contribution in [0, 0.1) is 17.2 Å². The molecule has 0 saturated heterocycles. The number of carbonyl (C=O) groups excluding carboxylic acids is 2. The number of carbonyl (C=O) groups is 2. The Kier molecular flexibility index (Phi) is 7.86. The number of pyridine rings is 1. The average Bonchev–Trinajstić information content (AvgIpc) is 3.20. The topological polar surface area (TPSA) is 95.3 Å². The molecule has 34 heavy (non-hydrogen) atoms. The fourth-order valence-electron chi connectivity index (χ4n) is 4.34. The van der Waals surface area contributed by atoms with Crippen molar-refractivity contribution in [1.82, 2.24) is 15.2 Å². The number of aromatic nitrogens is 1. The van der Waals surface area contributed by atoms with Crippen LogP contribution in [-0.2, 0) is 22.4 Å². The first-order valence-corrected chi connectivity index (χ1v) is 12.4. The lowest BCUT2D eigenvalue weighted by Crippen LogP contribution is -2.38. The van der Waals surface area contributed by atoms with Crippen LogP contribution >= 0.6 is 11.8 Å². The molecule has 2 aliphatic heterocycles. The zero-order valence-electron chi connectivity index (χ0n) is 19.2. The van der Waals surface area contributed by atoms with Crippen molar-refractivity contribution < 1.29 is 14.3 Å². The van der Waals surface area contributed by atoms with E-state index in [4.69, 9.17) is 4.74 Å². The van der Waals surface area contributed by atoms with Crippen LogP contribution in [0.5, 0.6) is 5.75 Å². The van der Waals surface area contributed by atoms with Crippen molar-refractivity contribution in [3.8, 4) is 11.8 Å². The first-order chi connectivity index (χ1) is 16.6. The van der Waals surface area contributed by atoms with Gasteiger partial charge in [-0.3, -0.25) is 14.6 Å². The predicted octanol–water partition coefficient (Wildman–Crippen LogP) is 3.47. The molecule has 8 heteroatoms. The van der Waals surface area contributed by atoms with E-state index >= 15 is 0 Å². The average molecular weight is 477 g/mol. The largest absolute Gasteiger partial charge is 0.494 e. The van der Waals surface area contributed by atoms with E-state index in [9.17, 15) is 14.9 Å². The quantitative estimate of drug-likeness (QED) is 0.627. The summed E-state index contributed by atoms with van der Waals surface area (Å²) in [6.45, 7) is 3.60. The van der Waals surface area contributed by atoms with Crippen LogP contribution < -0.4 is 10.1 Å². The molecule has 1 N–H and O–H groups in total. The molecule has 1 aromatic carbocycles. The molecule has 4 rings (SSSR count). The van der Waals surface area contributed by atoms with Crippen molar-refractivity contribution in [2.24, 2.45) is 5.92 Å². The molecule has 2 atom stereocenters. The summed E-state index contributed by atoms with van der Waals surface area (Å²) in [5.41, 5.74) is 2.99. The van der Waals surface area contributed by atoms with Crippen molar-refractivity contribution in [1.29, 1.82) is 5.26 Å². The number of benzene rings is 1. The highest BCUT2D eigenvalue weighted by Gasteiger charge is 2.39. The molecule has 2 aliphatic rings. The molecular weight excluding hydrogens is 448 g/mol. The van der Waals surface area contributed by atoms with Gasteiger partial charge in [0.1, 0.15) is 5.75 Å². The van der Waals surface area contributed by atoms with Gasteiger partial charge >= 0.3 is 0 Å². The van der Waals surface area contributed by atoms with Gasteiger partial charge in [0.15, 0.2) is 0 Å². The molecule has 3 heterocycles. The lowest BCUT2D eigenvalue weighted by molar-refractivity contribution is -0.130. The number of para-hydroxylation sites is 1. The maximum Gasteiger partial charge on any atom is 0.227 e. The lowest BCUT2D eigenvalue weighted by atomic mass is 9.94. The summed E-state index contributed by atoms with van der Waals surface area (Å²) in [7, 11) is 0. The summed E-state index contributed by atoms with van der Waals surface area (Å²) in [4.78, 5) is 32.4. The van der Waals surface area contributed by atoms with Gasteiger partial charge in [-0.2, -0.15) is 5.26 Å². The third-order valence-electron chi connectivity index (χ3n) is 6.08. The van der Waals surface area contributed by atoms with E-state index < -0.39 is 0 Å². The molecule has 0 aliphatic carbocycles. The fraction of sp³-hybridized carbons (Fsp3) is 0.385. The summed E-state index contributed by atoms with van der Waals surface area (Å²) in [6.07, 6.45) is 5.26. The fourth-order valence-corrected chi connectivity index (χ4v) is 5.81. The number of hydrogen-bond donors (Lipinski definition) is 1. The Bertz CT molecular complexity index is 1110. The van der Waals surface area contributed by atoms with Crippen LogP contribution in [-0.4, -0.2) is 46.8 Å². The third-order valence-corrected chi connectivity index (χ3v) is 7.40. The minimum atomic E-state index is -0.364. The van der Waals surface area contributed by atoms with Crippen LogP contribution in [0.4, 0.5) is 0 Å². The first kappa shape index (κ1) is 23.8. The second-order valence-corrected chi connectivity index (χ2v) is 9.54. The highest BCUT2D eigenvalue weighted by Crippen LogP contribution is 2.44. The van der Waals surface area contributed by atoms with Gasteiger partial charge in [-0.25, -0.2) is 0 Å². The van der Waals surface area contributed by atoms with Crippen LogP contribution in [0.25, 0.3) is 0 Å². The number of nitriles is 1. The Balaban J connectivity index is 1.33. The van der Waals surface area contributed by atoms with Gasteiger partial charge in [0.2, 0.25) is 11.8 Å². The Labute approximate surface area is 204 Å². The minimum absolute atomic E-state index is 0.0623. The molecule has 1 aromatic heterocycles. The highest BCUT2D eigenvalue weighted by molar-refractivity contribution is 8.04. The van der Waals surface area contributed by atoms with Crippen molar-refractivity contribution in [3.05, 3.63) is 70.4 Å². The molecular formula is C26H28N4O3S. The van der Waals surface area contributed by atoms with Crippen LogP contribution in [0.2, 0.25) is 0 Å². The van der Waals surface area contributed by atoms with E-state index in [0.717, 1.165) is 27.4 Å².